The zero-order valence-electron chi connectivity index (χ0n) is 17.0. The van der Waals surface area contributed by atoms with Crippen molar-refractivity contribution in [2.24, 2.45) is 10.9 Å². The van der Waals surface area contributed by atoms with Gasteiger partial charge in [-0.15, -0.1) is 24.0 Å². The minimum absolute atomic E-state index is 0. The molecule has 1 aliphatic rings. The second kappa shape index (κ2) is 12.9. The fourth-order valence-corrected chi connectivity index (χ4v) is 3.04. The lowest BCUT2D eigenvalue weighted by molar-refractivity contribution is -0.123. The number of rotatable bonds is 7. The summed E-state index contributed by atoms with van der Waals surface area (Å²) >= 11 is 0. The third-order valence-electron chi connectivity index (χ3n) is 4.71. The van der Waals surface area contributed by atoms with Gasteiger partial charge in [0.2, 0.25) is 5.91 Å². The Balaban J connectivity index is 0.00000392. The highest BCUT2D eigenvalue weighted by Crippen LogP contribution is 2.14. The van der Waals surface area contributed by atoms with Crippen LogP contribution in [0.3, 0.4) is 0 Å². The van der Waals surface area contributed by atoms with E-state index in [-0.39, 0.29) is 41.6 Å². The third kappa shape index (κ3) is 8.72. The first-order valence-corrected chi connectivity index (χ1v) is 9.69. The minimum Gasteiger partial charge on any atom is -0.355 e. The average molecular weight is 505 g/mol. The summed E-state index contributed by atoms with van der Waals surface area (Å²) < 4.78 is 13.0. The van der Waals surface area contributed by atoms with Gasteiger partial charge in [-0.2, -0.15) is 0 Å². The number of likely N-dealkylation sites (tertiary alicyclic amines) is 1. The Bertz CT molecular complexity index is 616. The third-order valence-corrected chi connectivity index (χ3v) is 4.71. The Labute approximate surface area is 184 Å². The van der Waals surface area contributed by atoms with Gasteiger partial charge in [-0.3, -0.25) is 14.7 Å². The van der Waals surface area contributed by atoms with Crippen LogP contribution in [0.5, 0.6) is 0 Å². The van der Waals surface area contributed by atoms with Crippen LogP contribution in [-0.4, -0.2) is 56.0 Å². The summed E-state index contributed by atoms with van der Waals surface area (Å²) in [5.74, 6) is 0.644. The Morgan fingerprint density at radius 1 is 1.18 bits per heavy atom. The quantitative estimate of drug-likeness (QED) is 0.231. The monoisotopic (exact) mass is 505 g/mol. The van der Waals surface area contributed by atoms with E-state index in [1.165, 1.54) is 12.1 Å². The van der Waals surface area contributed by atoms with Gasteiger partial charge in [0.1, 0.15) is 5.82 Å². The minimum atomic E-state index is -0.190. The predicted octanol–water partition coefficient (Wildman–Crippen LogP) is 2.35. The normalized spacial score (nSPS) is 15.8. The van der Waals surface area contributed by atoms with E-state index in [1.54, 1.807) is 7.05 Å². The van der Waals surface area contributed by atoms with Crippen LogP contribution in [0.1, 0.15) is 32.3 Å². The molecule has 1 amide bonds. The van der Waals surface area contributed by atoms with Crippen LogP contribution in [0.2, 0.25) is 0 Å². The molecule has 2 rings (SSSR count). The molecule has 0 saturated carbocycles. The molecule has 1 aliphatic heterocycles. The van der Waals surface area contributed by atoms with Crippen molar-refractivity contribution in [1.82, 2.24) is 20.9 Å². The summed E-state index contributed by atoms with van der Waals surface area (Å²) in [6.07, 6.45) is 2.07. The van der Waals surface area contributed by atoms with Gasteiger partial charge < -0.3 is 16.0 Å². The smallest absolute Gasteiger partial charge is 0.222 e. The second-order valence-electron chi connectivity index (χ2n) is 7.27. The molecule has 158 valence electrons. The Morgan fingerprint density at radius 2 is 1.79 bits per heavy atom. The van der Waals surface area contributed by atoms with E-state index >= 15 is 0 Å². The van der Waals surface area contributed by atoms with Crippen molar-refractivity contribution in [1.29, 1.82) is 0 Å². The molecule has 0 spiro atoms. The maximum Gasteiger partial charge on any atom is 0.222 e. The number of guanidine groups is 1. The molecule has 28 heavy (non-hydrogen) atoms. The van der Waals surface area contributed by atoms with Crippen LogP contribution in [0.4, 0.5) is 4.39 Å². The summed E-state index contributed by atoms with van der Waals surface area (Å²) in [6, 6.07) is 7.12. The first-order valence-electron chi connectivity index (χ1n) is 9.69. The van der Waals surface area contributed by atoms with E-state index in [0.29, 0.717) is 19.1 Å². The van der Waals surface area contributed by atoms with Gasteiger partial charge in [0.25, 0.3) is 0 Å². The van der Waals surface area contributed by atoms with Gasteiger partial charge in [-0.05, 0) is 30.5 Å². The van der Waals surface area contributed by atoms with Crippen molar-refractivity contribution in [2.45, 2.75) is 39.3 Å². The molecule has 3 N–H and O–H groups in total. The maximum atomic E-state index is 13.0. The molecule has 0 unspecified atom stereocenters. The zero-order valence-corrected chi connectivity index (χ0v) is 19.3. The van der Waals surface area contributed by atoms with Gasteiger partial charge >= 0.3 is 0 Å². The van der Waals surface area contributed by atoms with Crippen LogP contribution in [0.25, 0.3) is 0 Å². The Morgan fingerprint density at radius 3 is 2.36 bits per heavy atom. The van der Waals surface area contributed by atoms with Crippen molar-refractivity contribution in [3.8, 4) is 0 Å². The van der Waals surface area contributed by atoms with E-state index in [2.05, 4.69) is 25.8 Å². The van der Waals surface area contributed by atoms with Gasteiger partial charge in [0.15, 0.2) is 5.96 Å². The van der Waals surface area contributed by atoms with E-state index in [9.17, 15) is 9.18 Å². The van der Waals surface area contributed by atoms with Crippen molar-refractivity contribution in [3.63, 3.8) is 0 Å². The highest BCUT2D eigenvalue weighted by molar-refractivity contribution is 14.0. The molecule has 1 aromatic carbocycles. The number of amides is 1. The standard InChI is InChI=1S/C20H32FN5O.HI/c1-15(2)19(27)23-10-11-24-20(22-3)25-18-8-12-26(13-9-18)14-16-4-6-17(21)7-5-16;/h4-7,15,18H,8-14H2,1-3H3,(H,23,27)(H2,22,24,25);1H. The summed E-state index contributed by atoms with van der Waals surface area (Å²) in [4.78, 5) is 18.2. The topological polar surface area (TPSA) is 68.8 Å². The number of nitrogens with one attached hydrogen (secondary N) is 3. The largest absolute Gasteiger partial charge is 0.355 e. The molecule has 0 radical (unpaired) electrons. The number of hydrogen-bond donors (Lipinski definition) is 3. The summed E-state index contributed by atoms with van der Waals surface area (Å²) in [6.45, 7) is 7.83. The van der Waals surface area contributed by atoms with Crippen molar-refractivity contribution in [3.05, 3.63) is 35.6 Å². The number of aliphatic imine (C=N–C) groups is 1. The molecule has 1 aromatic rings. The summed E-state index contributed by atoms with van der Waals surface area (Å²) in [7, 11) is 1.76. The van der Waals surface area contributed by atoms with Gasteiger partial charge in [-0.25, -0.2) is 4.39 Å². The number of carbonyl (C=O) groups excluding carboxylic acids is 1. The maximum absolute atomic E-state index is 13.0. The molecule has 0 aromatic heterocycles. The number of piperidine rings is 1. The van der Waals surface area contributed by atoms with E-state index in [4.69, 9.17) is 0 Å². The van der Waals surface area contributed by atoms with Gasteiger partial charge in [-0.1, -0.05) is 26.0 Å². The number of carbonyl (C=O) groups is 1. The van der Waals surface area contributed by atoms with E-state index in [0.717, 1.165) is 44.0 Å². The SMILES string of the molecule is CN=C(NCCNC(=O)C(C)C)NC1CCN(Cc2ccc(F)cc2)CC1.I. The van der Waals surface area contributed by atoms with Crippen molar-refractivity contribution in [2.75, 3.05) is 33.2 Å². The Kier molecular flexibility index (Phi) is 11.4. The van der Waals surface area contributed by atoms with Crippen molar-refractivity contribution >= 4 is 35.8 Å². The molecular formula is C20H33FIN5O. The lowest BCUT2D eigenvalue weighted by atomic mass is 10.0. The molecule has 6 nitrogen and oxygen atoms in total. The summed E-state index contributed by atoms with van der Waals surface area (Å²) in [5.41, 5.74) is 1.14. The molecule has 8 heteroatoms. The molecule has 1 heterocycles. The summed E-state index contributed by atoms with van der Waals surface area (Å²) in [5, 5.41) is 9.58. The fraction of sp³-hybridized carbons (Fsp3) is 0.600. The molecule has 0 bridgehead atoms. The average Bonchev–Trinajstić information content (AvgIpc) is 2.67. The van der Waals surface area contributed by atoms with Crippen LogP contribution < -0.4 is 16.0 Å². The fourth-order valence-electron chi connectivity index (χ4n) is 3.04. The van der Waals surface area contributed by atoms with Crippen LogP contribution in [0, 0.1) is 11.7 Å². The second-order valence-corrected chi connectivity index (χ2v) is 7.27. The Hall–Kier alpha value is -1.42. The lowest BCUT2D eigenvalue weighted by Crippen LogP contribution is -2.49. The van der Waals surface area contributed by atoms with Crippen LogP contribution in [0.15, 0.2) is 29.3 Å². The highest BCUT2D eigenvalue weighted by atomic mass is 127. The van der Waals surface area contributed by atoms with E-state index in [1.807, 2.05) is 26.0 Å². The number of halogens is 2. The van der Waals surface area contributed by atoms with Gasteiger partial charge in [0.05, 0.1) is 0 Å². The first-order chi connectivity index (χ1) is 13.0. The molecule has 1 fully saturated rings. The molecule has 1 saturated heterocycles. The lowest BCUT2D eigenvalue weighted by Gasteiger charge is -2.33. The number of nitrogens with zero attached hydrogens (tertiary/aromatic N) is 2. The molecule has 0 atom stereocenters. The molecular weight excluding hydrogens is 472 g/mol. The highest BCUT2D eigenvalue weighted by Gasteiger charge is 2.20. The number of hydrogen-bond acceptors (Lipinski definition) is 3. The number of benzene rings is 1. The first kappa shape index (κ1) is 24.6. The van der Waals surface area contributed by atoms with Crippen LogP contribution in [-0.2, 0) is 11.3 Å². The zero-order chi connectivity index (χ0) is 19.6. The van der Waals surface area contributed by atoms with Crippen molar-refractivity contribution < 1.29 is 9.18 Å². The molecule has 0 aliphatic carbocycles. The van der Waals surface area contributed by atoms with E-state index < -0.39 is 0 Å². The predicted molar refractivity (Wildman–Crippen MR) is 122 cm³/mol. The van der Waals surface area contributed by atoms with Gasteiger partial charge in [0, 0.05) is 51.7 Å². The van der Waals surface area contributed by atoms with Crippen LogP contribution >= 0.6 is 24.0 Å².